The van der Waals surface area contributed by atoms with Crippen molar-refractivity contribution in [3.8, 4) is 0 Å². The van der Waals surface area contributed by atoms with Crippen molar-refractivity contribution in [2.75, 3.05) is 18.4 Å². The SMILES string of the molecule is CC1CCCN(C(C)C(=O)Nc2cccc([N+](=O)[O-])c2)C1. The number of benzene rings is 1. The van der Waals surface area contributed by atoms with Crippen LogP contribution in [0.5, 0.6) is 0 Å². The quantitative estimate of drug-likeness (QED) is 0.683. The lowest BCUT2D eigenvalue weighted by Crippen LogP contribution is -2.46. The highest BCUT2D eigenvalue weighted by Crippen LogP contribution is 2.20. The molecule has 0 radical (unpaired) electrons. The zero-order valence-electron chi connectivity index (χ0n) is 12.4. The fraction of sp³-hybridized carbons (Fsp3) is 0.533. The van der Waals surface area contributed by atoms with Crippen molar-refractivity contribution < 1.29 is 9.72 Å². The number of nitrogens with zero attached hydrogens (tertiary/aromatic N) is 2. The van der Waals surface area contributed by atoms with E-state index >= 15 is 0 Å². The van der Waals surface area contributed by atoms with Gasteiger partial charge in [0.2, 0.25) is 5.91 Å². The van der Waals surface area contributed by atoms with Crippen LogP contribution in [0.4, 0.5) is 11.4 Å². The van der Waals surface area contributed by atoms with Crippen molar-refractivity contribution in [2.24, 2.45) is 5.92 Å². The van der Waals surface area contributed by atoms with Crippen LogP contribution in [0.2, 0.25) is 0 Å². The molecule has 2 rings (SSSR count). The van der Waals surface area contributed by atoms with Crippen LogP contribution in [0.1, 0.15) is 26.7 Å². The molecule has 114 valence electrons. The lowest BCUT2D eigenvalue weighted by molar-refractivity contribution is -0.384. The maximum absolute atomic E-state index is 12.3. The Morgan fingerprint density at radius 1 is 1.52 bits per heavy atom. The second kappa shape index (κ2) is 6.67. The van der Waals surface area contributed by atoms with E-state index in [1.165, 1.54) is 18.6 Å². The molecule has 0 spiro atoms. The van der Waals surface area contributed by atoms with Crippen LogP contribution >= 0.6 is 0 Å². The van der Waals surface area contributed by atoms with E-state index < -0.39 is 4.92 Å². The maximum Gasteiger partial charge on any atom is 0.271 e. The lowest BCUT2D eigenvalue weighted by Gasteiger charge is -2.34. The van der Waals surface area contributed by atoms with Gasteiger partial charge in [-0.3, -0.25) is 19.8 Å². The number of carbonyl (C=O) groups is 1. The van der Waals surface area contributed by atoms with E-state index in [0.29, 0.717) is 11.6 Å². The molecule has 2 unspecified atom stereocenters. The molecule has 1 fully saturated rings. The molecule has 1 heterocycles. The molecule has 1 amide bonds. The van der Waals surface area contributed by atoms with Crippen molar-refractivity contribution in [2.45, 2.75) is 32.7 Å². The van der Waals surface area contributed by atoms with Crippen LogP contribution in [0.25, 0.3) is 0 Å². The summed E-state index contributed by atoms with van der Waals surface area (Å²) >= 11 is 0. The fourth-order valence-electron chi connectivity index (χ4n) is 2.69. The molecular formula is C15H21N3O3. The minimum Gasteiger partial charge on any atom is -0.324 e. The molecule has 0 bridgehead atoms. The maximum atomic E-state index is 12.3. The summed E-state index contributed by atoms with van der Waals surface area (Å²) in [5.41, 5.74) is 0.443. The molecule has 1 aromatic rings. The van der Waals surface area contributed by atoms with Gasteiger partial charge in [-0.25, -0.2) is 0 Å². The van der Waals surface area contributed by atoms with Gasteiger partial charge in [0, 0.05) is 24.4 Å². The first-order chi connectivity index (χ1) is 9.97. The third-order valence-electron chi connectivity index (χ3n) is 3.94. The Bertz CT molecular complexity index is 533. The first kappa shape index (κ1) is 15.4. The Morgan fingerprint density at radius 2 is 2.29 bits per heavy atom. The van der Waals surface area contributed by atoms with Crippen molar-refractivity contribution in [3.63, 3.8) is 0 Å². The van der Waals surface area contributed by atoms with E-state index in [9.17, 15) is 14.9 Å². The number of nitro benzene ring substituents is 1. The van der Waals surface area contributed by atoms with Gasteiger partial charge >= 0.3 is 0 Å². The van der Waals surface area contributed by atoms with Crippen molar-refractivity contribution >= 4 is 17.3 Å². The summed E-state index contributed by atoms with van der Waals surface area (Å²) in [6.45, 7) is 5.92. The second-order valence-corrected chi connectivity index (χ2v) is 5.71. The Kier molecular flexibility index (Phi) is 4.90. The molecule has 1 aliphatic rings. The number of hydrogen-bond donors (Lipinski definition) is 1. The summed E-state index contributed by atoms with van der Waals surface area (Å²) in [5.74, 6) is 0.483. The topological polar surface area (TPSA) is 75.5 Å². The molecular weight excluding hydrogens is 270 g/mol. The molecule has 21 heavy (non-hydrogen) atoms. The predicted molar refractivity (Wildman–Crippen MR) is 81.2 cm³/mol. The van der Waals surface area contributed by atoms with Crippen LogP contribution in [0.3, 0.4) is 0 Å². The van der Waals surface area contributed by atoms with E-state index in [4.69, 9.17) is 0 Å². The zero-order chi connectivity index (χ0) is 15.4. The minimum absolute atomic E-state index is 0.0213. The summed E-state index contributed by atoms with van der Waals surface area (Å²) < 4.78 is 0. The standard InChI is InChI=1S/C15H21N3O3/c1-11-5-4-8-17(10-11)12(2)15(19)16-13-6-3-7-14(9-13)18(20)21/h3,6-7,9,11-12H,4-5,8,10H2,1-2H3,(H,16,19). The number of piperidine rings is 1. The third-order valence-corrected chi connectivity index (χ3v) is 3.94. The molecule has 0 aliphatic carbocycles. The monoisotopic (exact) mass is 291 g/mol. The molecule has 0 aromatic heterocycles. The number of hydrogen-bond acceptors (Lipinski definition) is 4. The van der Waals surface area contributed by atoms with Crippen LogP contribution in [0, 0.1) is 16.0 Å². The molecule has 1 N–H and O–H groups in total. The summed E-state index contributed by atoms with van der Waals surface area (Å²) in [6, 6.07) is 5.79. The second-order valence-electron chi connectivity index (χ2n) is 5.71. The average Bonchev–Trinajstić information content (AvgIpc) is 2.46. The van der Waals surface area contributed by atoms with E-state index in [1.54, 1.807) is 12.1 Å². The van der Waals surface area contributed by atoms with Crippen LogP contribution < -0.4 is 5.32 Å². The van der Waals surface area contributed by atoms with Crippen molar-refractivity contribution in [3.05, 3.63) is 34.4 Å². The number of nitrogens with one attached hydrogen (secondary N) is 1. The normalized spacial score (nSPS) is 20.8. The molecule has 1 aliphatic heterocycles. The first-order valence-electron chi connectivity index (χ1n) is 7.26. The van der Waals surface area contributed by atoms with Gasteiger partial charge < -0.3 is 5.32 Å². The number of amides is 1. The third kappa shape index (κ3) is 4.01. The number of anilines is 1. The predicted octanol–water partition coefficient (Wildman–Crippen LogP) is 2.65. The fourth-order valence-corrected chi connectivity index (χ4v) is 2.69. The van der Waals surface area contributed by atoms with Gasteiger partial charge in [-0.2, -0.15) is 0 Å². The lowest BCUT2D eigenvalue weighted by atomic mass is 9.99. The van der Waals surface area contributed by atoms with E-state index in [1.807, 2.05) is 6.92 Å². The van der Waals surface area contributed by atoms with E-state index in [0.717, 1.165) is 19.5 Å². The van der Waals surface area contributed by atoms with Crippen LogP contribution in [-0.4, -0.2) is 34.9 Å². The Morgan fingerprint density at radius 3 is 2.95 bits per heavy atom. The number of likely N-dealkylation sites (tertiary alicyclic amines) is 1. The van der Waals surface area contributed by atoms with Crippen LogP contribution in [-0.2, 0) is 4.79 Å². The first-order valence-corrected chi connectivity index (χ1v) is 7.26. The summed E-state index contributed by atoms with van der Waals surface area (Å²) in [7, 11) is 0. The molecule has 1 aromatic carbocycles. The molecule has 6 nitrogen and oxygen atoms in total. The van der Waals surface area contributed by atoms with Crippen LogP contribution in [0.15, 0.2) is 24.3 Å². The largest absolute Gasteiger partial charge is 0.324 e. The smallest absolute Gasteiger partial charge is 0.271 e. The van der Waals surface area contributed by atoms with Gasteiger partial charge in [-0.05, 0) is 38.3 Å². The average molecular weight is 291 g/mol. The highest BCUT2D eigenvalue weighted by molar-refractivity contribution is 5.94. The summed E-state index contributed by atoms with van der Waals surface area (Å²) in [6.07, 6.45) is 2.31. The van der Waals surface area contributed by atoms with E-state index in [2.05, 4.69) is 17.1 Å². The number of rotatable bonds is 4. The minimum atomic E-state index is -0.467. The molecule has 0 saturated carbocycles. The van der Waals surface area contributed by atoms with Gasteiger partial charge in [-0.1, -0.05) is 13.0 Å². The van der Waals surface area contributed by atoms with Gasteiger partial charge in [-0.15, -0.1) is 0 Å². The van der Waals surface area contributed by atoms with Crippen molar-refractivity contribution in [1.29, 1.82) is 0 Å². The summed E-state index contributed by atoms with van der Waals surface area (Å²) in [5, 5.41) is 13.5. The zero-order valence-corrected chi connectivity index (χ0v) is 12.4. The highest BCUT2D eigenvalue weighted by atomic mass is 16.6. The number of non-ortho nitro benzene ring substituents is 1. The number of nitro groups is 1. The molecule has 1 saturated heterocycles. The molecule has 6 heteroatoms. The van der Waals surface area contributed by atoms with Gasteiger partial charge in [0.15, 0.2) is 0 Å². The van der Waals surface area contributed by atoms with Crippen molar-refractivity contribution in [1.82, 2.24) is 4.90 Å². The Balaban J connectivity index is 2.00. The molecule has 2 atom stereocenters. The Hall–Kier alpha value is -1.95. The number of carbonyl (C=O) groups excluding carboxylic acids is 1. The van der Waals surface area contributed by atoms with Gasteiger partial charge in [0.1, 0.15) is 0 Å². The highest BCUT2D eigenvalue weighted by Gasteiger charge is 2.25. The van der Waals surface area contributed by atoms with Gasteiger partial charge in [0.25, 0.3) is 5.69 Å². The summed E-state index contributed by atoms with van der Waals surface area (Å²) in [4.78, 5) is 24.7. The Labute approximate surface area is 124 Å². The van der Waals surface area contributed by atoms with Gasteiger partial charge in [0.05, 0.1) is 11.0 Å². The van der Waals surface area contributed by atoms with E-state index in [-0.39, 0.29) is 17.6 Å².